The van der Waals surface area contributed by atoms with Crippen LogP contribution in [-0.4, -0.2) is 15.0 Å². The Morgan fingerprint density at radius 1 is 0.276 bits per heavy atom. The monoisotopic (exact) mass is 741 g/mol. The smallest absolute Gasteiger partial charge is 0.164 e. The Hall–Kier alpha value is -7.23. The summed E-state index contributed by atoms with van der Waals surface area (Å²) in [6.45, 7) is 4.73. The number of benzene rings is 8. The predicted molar refractivity (Wildman–Crippen MR) is 236 cm³/mol. The fourth-order valence-corrected chi connectivity index (χ4v) is 9.84. The highest BCUT2D eigenvalue weighted by atomic mass is 15.0. The van der Waals surface area contributed by atoms with Crippen LogP contribution < -0.4 is 0 Å². The third kappa shape index (κ3) is 5.03. The summed E-state index contributed by atoms with van der Waals surface area (Å²) in [7, 11) is 0. The molecule has 0 unspecified atom stereocenters. The van der Waals surface area contributed by atoms with E-state index in [1.165, 1.54) is 61.2 Å². The van der Waals surface area contributed by atoms with E-state index in [1.54, 1.807) is 0 Å². The van der Waals surface area contributed by atoms with E-state index in [0.717, 1.165) is 22.3 Å². The zero-order valence-electron chi connectivity index (χ0n) is 32.4. The lowest BCUT2D eigenvalue weighted by Crippen LogP contribution is -2.40. The summed E-state index contributed by atoms with van der Waals surface area (Å²) >= 11 is 0. The maximum Gasteiger partial charge on any atom is 0.164 e. The Bertz CT molecular complexity index is 2970. The summed E-state index contributed by atoms with van der Waals surface area (Å²) < 4.78 is 0. The van der Waals surface area contributed by atoms with Gasteiger partial charge in [-0.25, -0.2) is 15.0 Å². The number of rotatable bonds is 5. The fourth-order valence-electron chi connectivity index (χ4n) is 9.84. The Kier molecular flexibility index (Phi) is 7.74. The van der Waals surface area contributed by atoms with Gasteiger partial charge in [0.1, 0.15) is 0 Å². The van der Waals surface area contributed by atoms with Gasteiger partial charge in [-0.05, 0) is 66.8 Å². The van der Waals surface area contributed by atoms with Gasteiger partial charge in [0.15, 0.2) is 17.5 Å². The maximum absolute atomic E-state index is 5.34. The van der Waals surface area contributed by atoms with Crippen molar-refractivity contribution in [3.8, 4) is 67.5 Å². The topological polar surface area (TPSA) is 38.7 Å². The molecule has 0 saturated carbocycles. The molecule has 1 spiro atoms. The molecule has 1 aromatic heterocycles. The van der Waals surface area contributed by atoms with E-state index in [1.807, 2.05) is 18.2 Å². The average Bonchev–Trinajstić information content (AvgIpc) is 3.60. The third-order valence-corrected chi connectivity index (χ3v) is 12.5. The van der Waals surface area contributed by atoms with Gasteiger partial charge in [-0.15, -0.1) is 0 Å². The van der Waals surface area contributed by atoms with Crippen LogP contribution >= 0.6 is 0 Å². The van der Waals surface area contributed by atoms with Crippen LogP contribution in [0.5, 0.6) is 0 Å². The van der Waals surface area contributed by atoms with Gasteiger partial charge >= 0.3 is 0 Å². The SMILES string of the molecule is CC1(C)c2ccccc2C2(c3ccccc3-c3c(-c4nc(-c5ccccc5)nc(-c5ccc(-c6ccccc6-c6ccccc6)cc5)n4)cccc32)c2ccccc21. The van der Waals surface area contributed by atoms with Gasteiger partial charge in [0.05, 0.1) is 5.41 Å². The zero-order chi connectivity index (χ0) is 38.8. The molecule has 0 radical (unpaired) electrons. The minimum absolute atomic E-state index is 0.166. The van der Waals surface area contributed by atoms with Gasteiger partial charge in [-0.2, -0.15) is 0 Å². The predicted octanol–water partition coefficient (Wildman–Crippen LogP) is 13.2. The van der Waals surface area contributed by atoms with Crippen LogP contribution in [0, 0.1) is 0 Å². The van der Waals surface area contributed by atoms with Crippen molar-refractivity contribution in [2.45, 2.75) is 24.7 Å². The lowest BCUT2D eigenvalue weighted by molar-refractivity contribution is 0.563. The van der Waals surface area contributed by atoms with Crippen molar-refractivity contribution in [1.29, 1.82) is 0 Å². The second-order valence-electron chi connectivity index (χ2n) is 15.9. The van der Waals surface area contributed by atoms with E-state index >= 15 is 0 Å². The highest BCUT2D eigenvalue weighted by molar-refractivity contribution is 5.95. The van der Waals surface area contributed by atoms with Gasteiger partial charge in [-0.3, -0.25) is 0 Å². The van der Waals surface area contributed by atoms with Gasteiger partial charge in [0.2, 0.25) is 0 Å². The number of nitrogens with zero attached hydrogens (tertiary/aromatic N) is 3. The van der Waals surface area contributed by atoms with Crippen molar-refractivity contribution in [3.63, 3.8) is 0 Å². The molecular weight excluding hydrogens is 703 g/mol. The molecule has 2 aliphatic carbocycles. The number of aromatic nitrogens is 3. The largest absolute Gasteiger partial charge is 0.208 e. The van der Waals surface area contributed by atoms with E-state index in [4.69, 9.17) is 15.0 Å². The first-order valence-electron chi connectivity index (χ1n) is 20.0. The molecule has 3 heteroatoms. The van der Waals surface area contributed by atoms with Gasteiger partial charge in [-0.1, -0.05) is 214 Å². The Morgan fingerprint density at radius 3 is 1.24 bits per heavy atom. The molecule has 0 bridgehead atoms. The van der Waals surface area contributed by atoms with Crippen LogP contribution in [0.1, 0.15) is 47.2 Å². The molecule has 0 saturated heterocycles. The van der Waals surface area contributed by atoms with E-state index < -0.39 is 5.41 Å². The first-order chi connectivity index (χ1) is 28.5. The normalized spacial score (nSPS) is 14.0. The van der Waals surface area contributed by atoms with E-state index in [0.29, 0.717) is 17.5 Å². The van der Waals surface area contributed by atoms with E-state index in [9.17, 15) is 0 Å². The highest BCUT2D eigenvalue weighted by Crippen LogP contribution is 2.63. The van der Waals surface area contributed by atoms with Crippen LogP contribution in [0.2, 0.25) is 0 Å². The molecule has 58 heavy (non-hydrogen) atoms. The summed E-state index contributed by atoms with van der Waals surface area (Å²) in [5, 5.41) is 0. The Morgan fingerprint density at radius 2 is 0.655 bits per heavy atom. The molecule has 0 amide bonds. The molecule has 0 aliphatic heterocycles. The van der Waals surface area contributed by atoms with Gasteiger partial charge in [0.25, 0.3) is 0 Å². The summed E-state index contributed by atoms with van der Waals surface area (Å²) in [6, 6.07) is 71.9. The van der Waals surface area contributed by atoms with Crippen LogP contribution in [0.4, 0.5) is 0 Å². The van der Waals surface area contributed by atoms with E-state index in [-0.39, 0.29) is 5.41 Å². The molecule has 2 aliphatic rings. The van der Waals surface area contributed by atoms with Crippen molar-refractivity contribution in [2.24, 2.45) is 0 Å². The third-order valence-electron chi connectivity index (χ3n) is 12.5. The molecule has 1 heterocycles. The highest BCUT2D eigenvalue weighted by Gasteiger charge is 2.53. The number of fused-ring (bicyclic) bond motifs is 9. The summed E-state index contributed by atoms with van der Waals surface area (Å²) in [5.74, 6) is 1.94. The molecule has 0 N–H and O–H groups in total. The van der Waals surface area contributed by atoms with Crippen LogP contribution in [0.15, 0.2) is 200 Å². The average molecular weight is 742 g/mol. The van der Waals surface area contributed by atoms with Crippen molar-refractivity contribution in [3.05, 3.63) is 234 Å². The molecular formula is C55H39N3. The molecule has 0 fully saturated rings. The molecule has 274 valence electrons. The summed E-state index contributed by atoms with van der Waals surface area (Å²) in [4.78, 5) is 15.8. The first kappa shape index (κ1) is 34.1. The second kappa shape index (κ2) is 13.2. The molecule has 9 aromatic rings. The van der Waals surface area contributed by atoms with Crippen molar-refractivity contribution in [2.75, 3.05) is 0 Å². The standard InChI is InChI=1S/C55H39N3/c1-54(2)45-27-13-15-29-47(45)55(48-30-16-14-28-46(48)54)44-26-12-11-24-42(44)50-43(25-17-31-49(50)55)53-57-51(38-20-7-4-8-21-38)56-52(58-53)39-34-32-37(33-35-39)41-23-10-9-22-40(41)36-18-5-3-6-19-36/h3-35H,1-2H3. The van der Waals surface area contributed by atoms with Gasteiger partial charge < -0.3 is 0 Å². The summed E-state index contributed by atoms with van der Waals surface area (Å²) in [5.41, 5.74) is 17.2. The first-order valence-corrected chi connectivity index (χ1v) is 20.0. The molecule has 11 rings (SSSR count). The van der Waals surface area contributed by atoms with Gasteiger partial charge in [0, 0.05) is 22.1 Å². The quantitative estimate of drug-likeness (QED) is 0.176. The van der Waals surface area contributed by atoms with Crippen LogP contribution in [-0.2, 0) is 10.8 Å². The lowest BCUT2D eigenvalue weighted by Gasteiger charge is -2.46. The number of hydrogen-bond donors (Lipinski definition) is 0. The van der Waals surface area contributed by atoms with Crippen molar-refractivity contribution in [1.82, 2.24) is 15.0 Å². The van der Waals surface area contributed by atoms with Crippen LogP contribution in [0.25, 0.3) is 67.5 Å². The summed E-state index contributed by atoms with van der Waals surface area (Å²) in [6.07, 6.45) is 0. The van der Waals surface area contributed by atoms with Crippen molar-refractivity contribution >= 4 is 0 Å². The molecule has 0 atom stereocenters. The molecule has 8 aromatic carbocycles. The minimum atomic E-state index is -0.505. The Labute approximate surface area is 339 Å². The minimum Gasteiger partial charge on any atom is -0.208 e. The van der Waals surface area contributed by atoms with Crippen molar-refractivity contribution < 1.29 is 0 Å². The Balaban J connectivity index is 1.12. The second-order valence-corrected chi connectivity index (χ2v) is 15.9. The lowest BCUT2D eigenvalue weighted by atomic mass is 9.55. The van der Waals surface area contributed by atoms with E-state index in [2.05, 4.69) is 196 Å². The fraction of sp³-hybridized carbons (Fsp3) is 0.0727. The number of hydrogen-bond acceptors (Lipinski definition) is 3. The zero-order valence-corrected chi connectivity index (χ0v) is 32.4. The van der Waals surface area contributed by atoms with Crippen LogP contribution in [0.3, 0.4) is 0 Å². The maximum atomic E-state index is 5.34. The molecule has 3 nitrogen and oxygen atoms in total.